The molecule has 0 radical (unpaired) electrons. The zero-order valence-corrected chi connectivity index (χ0v) is 9.94. The van der Waals surface area contributed by atoms with E-state index in [1.807, 2.05) is 6.07 Å². The number of hydrogen-bond donors (Lipinski definition) is 1. The normalized spacial score (nSPS) is 18.1. The van der Waals surface area contributed by atoms with Crippen molar-refractivity contribution in [2.75, 3.05) is 0 Å². The molecule has 6 heteroatoms. The van der Waals surface area contributed by atoms with Gasteiger partial charge in [0, 0.05) is 0 Å². The third-order valence-corrected chi connectivity index (χ3v) is 3.44. The number of amidine groups is 2. The van der Waals surface area contributed by atoms with Crippen molar-refractivity contribution in [2.24, 2.45) is 9.53 Å². The third kappa shape index (κ3) is 2.49. The predicted molar refractivity (Wildman–Crippen MR) is 64.0 cm³/mol. The van der Waals surface area contributed by atoms with E-state index in [2.05, 4.69) is 14.8 Å². The average Bonchev–Trinajstić information content (AvgIpc) is 2.15. The van der Waals surface area contributed by atoms with Crippen LogP contribution < -0.4 is 9.84 Å². The lowest BCUT2D eigenvalue weighted by Gasteiger charge is -2.17. The molecule has 0 bridgehead atoms. The van der Waals surface area contributed by atoms with Gasteiger partial charge in [-0.3, -0.25) is 0 Å². The molecule has 5 nitrogen and oxygen atoms in total. The van der Waals surface area contributed by atoms with E-state index in [0.717, 1.165) is 0 Å². The van der Waals surface area contributed by atoms with Crippen molar-refractivity contribution in [3.05, 3.63) is 30.3 Å². The fourth-order valence-electron chi connectivity index (χ4n) is 1.37. The summed E-state index contributed by atoms with van der Waals surface area (Å²) in [5, 5.41) is 2.87. The summed E-state index contributed by atoms with van der Waals surface area (Å²) >= 11 is 0. The van der Waals surface area contributed by atoms with Crippen LogP contribution in [0.2, 0.25) is 0 Å². The summed E-state index contributed by atoms with van der Waals surface area (Å²) in [6.07, 6.45) is 0. The van der Waals surface area contributed by atoms with E-state index >= 15 is 0 Å². The highest BCUT2D eigenvalue weighted by molar-refractivity contribution is 7.57. The molecule has 2 rings (SSSR count). The van der Waals surface area contributed by atoms with Gasteiger partial charge in [-0.2, -0.15) is 9.53 Å². The molecule has 0 atom stereocenters. The van der Waals surface area contributed by atoms with Crippen LogP contribution in [0.1, 0.15) is 13.8 Å². The van der Waals surface area contributed by atoms with Gasteiger partial charge in [0.1, 0.15) is 17.4 Å². The van der Waals surface area contributed by atoms with Crippen molar-refractivity contribution in [1.82, 2.24) is 5.32 Å². The molecule has 0 saturated carbocycles. The van der Waals surface area contributed by atoms with Gasteiger partial charge in [0.2, 0.25) is 0 Å². The molecule has 0 aromatic heterocycles. The van der Waals surface area contributed by atoms with Crippen molar-refractivity contribution in [2.45, 2.75) is 13.8 Å². The molecule has 0 fully saturated rings. The van der Waals surface area contributed by atoms with Crippen LogP contribution >= 0.6 is 7.67 Å². The van der Waals surface area contributed by atoms with Crippen molar-refractivity contribution < 1.29 is 9.09 Å². The largest absolute Gasteiger partial charge is 0.489 e. The quantitative estimate of drug-likeness (QED) is 0.804. The lowest BCUT2D eigenvalue weighted by Crippen LogP contribution is -2.28. The Balaban J connectivity index is 2.27. The molecule has 1 N–H and O–H groups in total. The molecule has 16 heavy (non-hydrogen) atoms. The molecule has 0 saturated heterocycles. The van der Waals surface area contributed by atoms with E-state index in [0.29, 0.717) is 17.4 Å². The second-order valence-electron chi connectivity index (χ2n) is 3.39. The average molecular weight is 237 g/mol. The van der Waals surface area contributed by atoms with Crippen molar-refractivity contribution in [3.8, 4) is 5.75 Å². The summed E-state index contributed by atoms with van der Waals surface area (Å²) in [7, 11) is -3.33. The third-order valence-electron chi connectivity index (χ3n) is 1.88. The Kier molecular flexibility index (Phi) is 2.79. The molecular weight excluding hydrogens is 225 g/mol. The van der Waals surface area contributed by atoms with Gasteiger partial charge in [-0.05, 0) is 26.0 Å². The Hall–Kier alpha value is -1.61. The maximum absolute atomic E-state index is 12.2. The standard InChI is InChI=1S/C10H12N3O2P/c1-8-11-9(2)13-16(14,12-8)15-10-6-4-3-5-7-10/h3-7H,1-2H3,(H,11,12,13,14). The van der Waals surface area contributed by atoms with E-state index in [4.69, 9.17) is 4.52 Å². The van der Waals surface area contributed by atoms with Crippen LogP contribution in [0.15, 0.2) is 39.9 Å². The fraction of sp³-hybridized carbons (Fsp3) is 0.200. The maximum atomic E-state index is 12.2. The molecule has 1 aliphatic rings. The number of nitrogens with zero attached hydrogens (tertiary/aromatic N) is 2. The number of nitrogens with one attached hydrogen (secondary N) is 1. The van der Waals surface area contributed by atoms with Crippen LogP contribution in [0.5, 0.6) is 5.75 Å². The predicted octanol–water partition coefficient (Wildman–Crippen LogP) is 2.61. The highest BCUT2D eigenvalue weighted by Crippen LogP contribution is 2.51. The monoisotopic (exact) mass is 237 g/mol. The van der Waals surface area contributed by atoms with E-state index < -0.39 is 7.67 Å². The van der Waals surface area contributed by atoms with Gasteiger partial charge in [-0.15, -0.1) is 0 Å². The van der Waals surface area contributed by atoms with Gasteiger partial charge < -0.3 is 9.84 Å². The van der Waals surface area contributed by atoms with Crippen LogP contribution in [0.4, 0.5) is 0 Å². The Labute approximate surface area is 93.8 Å². The van der Waals surface area contributed by atoms with E-state index in [-0.39, 0.29) is 0 Å². The lowest BCUT2D eigenvalue weighted by molar-refractivity contribution is 0.484. The Morgan fingerprint density at radius 3 is 2.25 bits per heavy atom. The Morgan fingerprint density at radius 2 is 1.69 bits per heavy atom. The van der Waals surface area contributed by atoms with Crippen LogP contribution in [0.25, 0.3) is 0 Å². The molecule has 1 aliphatic heterocycles. The van der Waals surface area contributed by atoms with Crippen LogP contribution in [0, 0.1) is 0 Å². The first-order chi connectivity index (χ1) is 7.57. The maximum Gasteiger partial charge on any atom is 0.489 e. The second kappa shape index (κ2) is 4.10. The summed E-state index contributed by atoms with van der Waals surface area (Å²) < 4.78 is 25.3. The summed E-state index contributed by atoms with van der Waals surface area (Å²) in [4.78, 5) is 0. The van der Waals surface area contributed by atoms with Gasteiger partial charge in [0.05, 0.1) is 0 Å². The minimum Gasteiger partial charge on any atom is -0.412 e. The summed E-state index contributed by atoms with van der Waals surface area (Å²) in [6, 6.07) is 8.90. The highest BCUT2D eigenvalue weighted by atomic mass is 31.2. The SMILES string of the molecule is CC1=NP(=O)(Oc2ccccc2)N=C(C)N1. The Bertz CT molecular complexity index is 474. The summed E-state index contributed by atoms with van der Waals surface area (Å²) in [6.45, 7) is 3.44. The molecule has 1 aromatic rings. The topological polar surface area (TPSA) is 63.0 Å². The smallest absolute Gasteiger partial charge is 0.412 e. The summed E-state index contributed by atoms with van der Waals surface area (Å²) in [5.41, 5.74) is 0. The minimum atomic E-state index is -3.33. The number of benzene rings is 1. The van der Waals surface area contributed by atoms with Crippen LogP contribution in [-0.4, -0.2) is 11.7 Å². The Morgan fingerprint density at radius 1 is 1.12 bits per heavy atom. The van der Waals surface area contributed by atoms with Crippen molar-refractivity contribution in [1.29, 1.82) is 0 Å². The summed E-state index contributed by atoms with van der Waals surface area (Å²) in [5.74, 6) is 1.60. The molecule has 0 amide bonds. The van der Waals surface area contributed by atoms with Gasteiger partial charge in [-0.1, -0.05) is 18.2 Å². The lowest BCUT2D eigenvalue weighted by atomic mass is 10.3. The number of hydrogen-bond acceptors (Lipinski definition) is 3. The van der Waals surface area contributed by atoms with Crippen molar-refractivity contribution >= 4 is 19.3 Å². The molecular formula is C10H12N3O2P. The van der Waals surface area contributed by atoms with E-state index in [9.17, 15) is 4.57 Å². The number of para-hydroxylation sites is 1. The van der Waals surface area contributed by atoms with Gasteiger partial charge in [0.15, 0.2) is 0 Å². The molecule has 0 spiro atoms. The first kappa shape index (κ1) is 10.9. The molecule has 84 valence electrons. The van der Waals surface area contributed by atoms with E-state index in [1.54, 1.807) is 38.1 Å². The van der Waals surface area contributed by atoms with Crippen LogP contribution in [0.3, 0.4) is 0 Å². The van der Waals surface area contributed by atoms with E-state index in [1.165, 1.54) is 0 Å². The van der Waals surface area contributed by atoms with Gasteiger partial charge >= 0.3 is 7.67 Å². The molecule has 0 unspecified atom stereocenters. The van der Waals surface area contributed by atoms with Crippen molar-refractivity contribution in [3.63, 3.8) is 0 Å². The molecule has 1 heterocycles. The molecule has 0 aliphatic carbocycles. The minimum absolute atomic E-state index is 0.501. The second-order valence-corrected chi connectivity index (χ2v) is 4.95. The zero-order chi connectivity index (χ0) is 11.6. The zero-order valence-electron chi connectivity index (χ0n) is 9.04. The first-order valence-corrected chi connectivity index (χ1v) is 6.36. The molecule has 1 aromatic carbocycles. The van der Waals surface area contributed by atoms with Gasteiger partial charge in [-0.25, -0.2) is 4.57 Å². The van der Waals surface area contributed by atoms with Gasteiger partial charge in [0.25, 0.3) is 0 Å². The first-order valence-electron chi connectivity index (χ1n) is 4.83. The fourth-order valence-corrected chi connectivity index (χ4v) is 2.75. The number of rotatable bonds is 2. The highest BCUT2D eigenvalue weighted by Gasteiger charge is 2.27. The van der Waals surface area contributed by atoms with Crippen LogP contribution in [-0.2, 0) is 4.57 Å².